The molecular weight excluding hydrogens is 344 g/mol. The van der Waals surface area contributed by atoms with Crippen LogP contribution in [0.15, 0.2) is 71.7 Å². The summed E-state index contributed by atoms with van der Waals surface area (Å²) in [6.45, 7) is 9.32. The van der Waals surface area contributed by atoms with Crippen LogP contribution < -0.4 is 5.32 Å². The van der Waals surface area contributed by atoms with Gasteiger partial charge in [0.25, 0.3) is 0 Å². The first-order valence-electron chi connectivity index (χ1n) is 9.71. The summed E-state index contributed by atoms with van der Waals surface area (Å²) in [5.41, 5.74) is 10.4. The predicted molar refractivity (Wildman–Crippen MR) is 117 cm³/mol. The van der Waals surface area contributed by atoms with Crippen LogP contribution in [0.5, 0.6) is 0 Å². The van der Waals surface area contributed by atoms with Crippen LogP contribution in [0.25, 0.3) is 16.8 Å². The first kappa shape index (κ1) is 18.2. The van der Waals surface area contributed by atoms with Crippen molar-refractivity contribution in [2.24, 2.45) is 0 Å². The van der Waals surface area contributed by atoms with Crippen LogP contribution in [-0.4, -0.2) is 20.9 Å². The summed E-state index contributed by atoms with van der Waals surface area (Å²) < 4.78 is 2.18. The van der Waals surface area contributed by atoms with E-state index in [1.54, 1.807) is 6.20 Å². The van der Waals surface area contributed by atoms with Crippen molar-refractivity contribution < 1.29 is 0 Å². The van der Waals surface area contributed by atoms with Crippen LogP contribution in [0.1, 0.15) is 31.7 Å². The van der Waals surface area contributed by atoms with Gasteiger partial charge in [0, 0.05) is 42.0 Å². The molecule has 1 N–H and O–H groups in total. The van der Waals surface area contributed by atoms with Gasteiger partial charge in [0.2, 0.25) is 0 Å². The molecule has 0 amide bonds. The molecule has 4 rings (SSSR count). The molecule has 28 heavy (non-hydrogen) atoms. The quantitative estimate of drug-likeness (QED) is 0.645. The van der Waals surface area contributed by atoms with Crippen LogP contribution in [0.4, 0.5) is 5.69 Å². The van der Waals surface area contributed by atoms with Crippen molar-refractivity contribution in [2.45, 2.75) is 34.1 Å². The van der Waals surface area contributed by atoms with Gasteiger partial charge in [-0.3, -0.25) is 4.98 Å². The molecule has 0 saturated heterocycles. The summed E-state index contributed by atoms with van der Waals surface area (Å²) in [6.07, 6.45) is 13.6. The zero-order chi connectivity index (χ0) is 19.7. The van der Waals surface area contributed by atoms with Gasteiger partial charge in [0.15, 0.2) is 5.65 Å². The van der Waals surface area contributed by atoms with Gasteiger partial charge in [-0.1, -0.05) is 24.3 Å². The molecule has 3 aromatic heterocycles. The number of fused-ring (bicyclic) bond motifs is 1. The normalized spacial score (nSPS) is 14.4. The van der Waals surface area contributed by atoms with Crippen molar-refractivity contribution in [1.82, 2.24) is 14.4 Å². The third-order valence-electron chi connectivity index (χ3n) is 5.53. The summed E-state index contributed by atoms with van der Waals surface area (Å²) in [5.74, 6) is 0. The number of rotatable bonds is 4. The Morgan fingerprint density at radius 2 is 2.00 bits per heavy atom. The lowest BCUT2D eigenvalue weighted by molar-refractivity contribution is 1.09. The number of anilines is 1. The number of aromatic nitrogens is 3. The minimum Gasteiger partial charge on any atom is -0.378 e. The molecule has 3 aromatic rings. The topological polar surface area (TPSA) is 42.2 Å². The van der Waals surface area contributed by atoms with Crippen molar-refractivity contribution in [3.63, 3.8) is 0 Å². The summed E-state index contributed by atoms with van der Waals surface area (Å²) in [7, 11) is 0. The molecule has 4 nitrogen and oxygen atoms in total. The maximum Gasteiger partial charge on any atom is 0.160 e. The molecule has 142 valence electrons. The minimum absolute atomic E-state index is 0.773. The molecule has 0 fully saturated rings. The van der Waals surface area contributed by atoms with E-state index in [1.807, 2.05) is 12.3 Å². The number of pyridine rings is 2. The largest absolute Gasteiger partial charge is 0.378 e. The SMILES string of the molecule is CC1=CCC=CC(C)=C1CNc1cc(-c2cccnc2)cn2c(C)c(C)nc12. The lowest BCUT2D eigenvalue weighted by atomic mass is 10.0. The Morgan fingerprint density at radius 1 is 1.14 bits per heavy atom. The van der Waals surface area contributed by atoms with Gasteiger partial charge < -0.3 is 9.72 Å². The number of aryl methyl sites for hydroxylation is 2. The predicted octanol–water partition coefficient (Wildman–Crippen LogP) is 5.65. The summed E-state index contributed by atoms with van der Waals surface area (Å²) in [6, 6.07) is 6.24. The first-order chi connectivity index (χ1) is 13.5. The molecule has 3 heterocycles. The maximum absolute atomic E-state index is 4.81. The van der Waals surface area contributed by atoms with Gasteiger partial charge in [-0.05, 0) is 63.0 Å². The summed E-state index contributed by atoms with van der Waals surface area (Å²) >= 11 is 0. The van der Waals surface area contributed by atoms with E-state index in [0.29, 0.717) is 0 Å². The van der Waals surface area contributed by atoms with Crippen LogP contribution in [0, 0.1) is 13.8 Å². The second kappa shape index (κ2) is 7.47. The Balaban J connectivity index is 1.77. The van der Waals surface area contributed by atoms with Gasteiger partial charge >= 0.3 is 0 Å². The Labute approximate surface area is 166 Å². The Morgan fingerprint density at radius 3 is 2.79 bits per heavy atom. The Hall–Kier alpha value is -3.14. The molecule has 0 aliphatic heterocycles. The highest BCUT2D eigenvalue weighted by Gasteiger charge is 2.13. The lowest BCUT2D eigenvalue weighted by Gasteiger charge is -2.15. The van der Waals surface area contributed by atoms with Crippen LogP contribution in [0.2, 0.25) is 0 Å². The highest BCUT2D eigenvalue weighted by Crippen LogP contribution is 2.28. The zero-order valence-electron chi connectivity index (χ0n) is 17.0. The fraction of sp³-hybridized carbons (Fsp3) is 0.250. The van der Waals surface area contributed by atoms with E-state index < -0.39 is 0 Å². The second-order valence-corrected chi connectivity index (χ2v) is 7.40. The van der Waals surface area contributed by atoms with Gasteiger partial charge in [-0.2, -0.15) is 0 Å². The third kappa shape index (κ3) is 3.38. The standard InChI is InChI=1S/C24H26N4/c1-16-8-5-6-9-17(2)22(16)14-26-23-12-21(20-10-7-11-25-13-20)15-28-19(4)18(3)27-24(23)28/h5,7-13,15,26H,6,14H2,1-4H3. The van der Waals surface area contributed by atoms with Crippen molar-refractivity contribution in [1.29, 1.82) is 0 Å². The summed E-state index contributed by atoms with van der Waals surface area (Å²) in [4.78, 5) is 9.09. The van der Waals surface area contributed by atoms with Gasteiger partial charge in [0.05, 0.1) is 11.4 Å². The number of nitrogens with one attached hydrogen (secondary N) is 1. The fourth-order valence-corrected chi connectivity index (χ4v) is 3.68. The van der Waals surface area contributed by atoms with Crippen LogP contribution >= 0.6 is 0 Å². The highest BCUT2D eigenvalue weighted by molar-refractivity contribution is 5.77. The van der Waals surface area contributed by atoms with Crippen molar-refractivity contribution >= 4 is 11.3 Å². The van der Waals surface area contributed by atoms with E-state index in [1.165, 1.54) is 16.7 Å². The van der Waals surface area contributed by atoms with E-state index in [9.17, 15) is 0 Å². The molecule has 4 heteroatoms. The maximum atomic E-state index is 4.81. The number of hydrogen-bond acceptors (Lipinski definition) is 3. The molecule has 0 saturated carbocycles. The molecule has 1 aliphatic rings. The molecule has 0 aromatic carbocycles. The third-order valence-corrected chi connectivity index (χ3v) is 5.53. The highest BCUT2D eigenvalue weighted by atomic mass is 15.1. The van der Waals surface area contributed by atoms with E-state index in [0.717, 1.165) is 46.8 Å². The number of hydrogen-bond donors (Lipinski definition) is 1. The number of allylic oxidation sites excluding steroid dienone is 4. The molecule has 0 unspecified atom stereocenters. The van der Waals surface area contributed by atoms with Crippen molar-refractivity contribution in [2.75, 3.05) is 11.9 Å². The van der Waals surface area contributed by atoms with Gasteiger partial charge in [-0.25, -0.2) is 4.98 Å². The molecule has 0 bridgehead atoms. The monoisotopic (exact) mass is 370 g/mol. The second-order valence-electron chi connectivity index (χ2n) is 7.40. The average molecular weight is 371 g/mol. The van der Waals surface area contributed by atoms with Crippen molar-refractivity contribution in [3.8, 4) is 11.1 Å². The molecular formula is C24H26N4. The smallest absolute Gasteiger partial charge is 0.160 e. The molecule has 0 atom stereocenters. The Kier molecular flexibility index (Phi) is 4.86. The molecule has 0 radical (unpaired) electrons. The van der Waals surface area contributed by atoms with Crippen LogP contribution in [-0.2, 0) is 0 Å². The lowest BCUT2D eigenvalue weighted by Crippen LogP contribution is -2.09. The number of imidazole rings is 1. The van der Waals surface area contributed by atoms with E-state index in [4.69, 9.17) is 4.98 Å². The van der Waals surface area contributed by atoms with Crippen LogP contribution in [0.3, 0.4) is 0 Å². The van der Waals surface area contributed by atoms with Gasteiger partial charge in [-0.15, -0.1) is 0 Å². The fourth-order valence-electron chi connectivity index (χ4n) is 3.68. The van der Waals surface area contributed by atoms with E-state index in [2.05, 4.69) is 79.0 Å². The average Bonchev–Trinajstić information content (AvgIpc) is 2.89. The van der Waals surface area contributed by atoms with E-state index >= 15 is 0 Å². The molecule has 1 aliphatic carbocycles. The first-order valence-corrected chi connectivity index (χ1v) is 9.71. The summed E-state index contributed by atoms with van der Waals surface area (Å²) in [5, 5.41) is 3.66. The van der Waals surface area contributed by atoms with Crippen molar-refractivity contribution in [3.05, 3.63) is 83.1 Å². The van der Waals surface area contributed by atoms with E-state index in [-0.39, 0.29) is 0 Å². The minimum atomic E-state index is 0.773. The number of nitrogens with zero attached hydrogens (tertiary/aromatic N) is 3. The van der Waals surface area contributed by atoms with Gasteiger partial charge in [0.1, 0.15) is 0 Å². The zero-order valence-corrected chi connectivity index (χ0v) is 17.0. The molecule has 0 spiro atoms. The Bertz CT molecular complexity index is 1110.